The van der Waals surface area contributed by atoms with Crippen molar-refractivity contribution < 1.29 is 4.79 Å². The molecular weight excluding hydrogens is 396 g/mol. The molecule has 0 bridgehead atoms. The van der Waals surface area contributed by atoms with Crippen molar-refractivity contribution in [1.82, 2.24) is 25.2 Å². The Morgan fingerprint density at radius 2 is 1.96 bits per heavy atom. The van der Waals surface area contributed by atoms with Crippen LogP contribution in [0.2, 0.25) is 0 Å². The number of carbonyl (C=O) groups excluding carboxylic acids is 1. The lowest BCUT2D eigenvalue weighted by molar-refractivity contribution is -0.119. The minimum Gasteiger partial charge on any atom is -0.299 e. The predicted octanol–water partition coefficient (Wildman–Crippen LogP) is 3.13. The first-order valence-electron chi connectivity index (χ1n) is 8.64. The fraction of sp³-hybridized carbons (Fsp3) is 0.222. The summed E-state index contributed by atoms with van der Waals surface area (Å²) in [4.78, 5) is 26.9. The van der Waals surface area contributed by atoms with Crippen LogP contribution in [-0.2, 0) is 11.2 Å². The van der Waals surface area contributed by atoms with Gasteiger partial charge in [0.2, 0.25) is 5.13 Å². The molecule has 8 nitrogen and oxygen atoms in total. The molecule has 1 unspecified atom stereocenters. The number of anilines is 1. The van der Waals surface area contributed by atoms with E-state index in [2.05, 4.69) is 25.8 Å². The van der Waals surface area contributed by atoms with Crippen LogP contribution in [0.1, 0.15) is 24.9 Å². The number of nitrogens with one attached hydrogen (secondary N) is 1. The molecule has 1 atom stereocenters. The zero-order valence-corrected chi connectivity index (χ0v) is 16.8. The number of rotatable bonds is 5. The largest absolute Gasteiger partial charge is 0.299 e. The van der Waals surface area contributed by atoms with E-state index in [4.69, 9.17) is 0 Å². The molecule has 3 heterocycles. The number of aromatic nitrogens is 5. The van der Waals surface area contributed by atoms with Crippen LogP contribution in [0.5, 0.6) is 0 Å². The van der Waals surface area contributed by atoms with Gasteiger partial charge in [-0.3, -0.25) is 14.9 Å². The minimum absolute atomic E-state index is 0.349. The summed E-state index contributed by atoms with van der Waals surface area (Å²) in [6, 6.07) is 10.7. The SMILES string of the molecule is CCc1nnc(NC(=O)C(C)n2nnc3sc(-c4ccccc4)cc3c2=O)s1. The van der Waals surface area contributed by atoms with Gasteiger partial charge in [-0.1, -0.05) is 53.8 Å². The van der Waals surface area contributed by atoms with E-state index < -0.39 is 11.9 Å². The third-order valence-electron chi connectivity index (χ3n) is 4.19. The average molecular weight is 413 g/mol. The Balaban J connectivity index is 1.63. The molecule has 0 fully saturated rings. The van der Waals surface area contributed by atoms with Gasteiger partial charge in [0.15, 0.2) is 4.83 Å². The first-order valence-corrected chi connectivity index (χ1v) is 10.3. The molecule has 28 heavy (non-hydrogen) atoms. The van der Waals surface area contributed by atoms with Crippen molar-refractivity contribution in [3.05, 3.63) is 51.8 Å². The van der Waals surface area contributed by atoms with Gasteiger partial charge in [0.05, 0.1) is 5.39 Å². The quantitative estimate of drug-likeness (QED) is 0.540. The molecule has 0 saturated heterocycles. The first-order chi connectivity index (χ1) is 13.6. The van der Waals surface area contributed by atoms with Crippen molar-refractivity contribution in [1.29, 1.82) is 0 Å². The normalized spacial score (nSPS) is 12.2. The van der Waals surface area contributed by atoms with E-state index in [1.54, 1.807) is 13.0 Å². The third kappa shape index (κ3) is 3.43. The van der Waals surface area contributed by atoms with Crippen LogP contribution in [-0.4, -0.2) is 31.1 Å². The van der Waals surface area contributed by atoms with E-state index >= 15 is 0 Å². The molecule has 142 valence electrons. The molecule has 0 aliphatic heterocycles. The first kappa shape index (κ1) is 18.4. The Labute approximate surface area is 167 Å². The van der Waals surface area contributed by atoms with E-state index in [0.29, 0.717) is 15.3 Å². The monoisotopic (exact) mass is 412 g/mol. The van der Waals surface area contributed by atoms with Gasteiger partial charge in [-0.25, -0.2) is 0 Å². The highest BCUT2D eigenvalue weighted by Crippen LogP contribution is 2.30. The van der Waals surface area contributed by atoms with E-state index in [0.717, 1.165) is 26.6 Å². The fourth-order valence-corrected chi connectivity index (χ4v) is 4.28. The van der Waals surface area contributed by atoms with Crippen LogP contribution in [0.15, 0.2) is 41.2 Å². The maximum absolute atomic E-state index is 12.9. The second-order valence-corrected chi connectivity index (χ2v) is 8.15. The summed E-state index contributed by atoms with van der Waals surface area (Å²) in [5.41, 5.74) is 0.655. The van der Waals surface area contributed by atoms with E-state index in [1.165, 1.54) is 22.7 Å². The van der Waals surface area contributed by atoms with Crippen LogP contribution in [0.3, 0.4) is 0 Å². The summed E-state index contributed by atoms with van der Waals surface area (Å²) < 4.78 is 1.10. The van der Waals surface area contributed by atoms with Crippen molar-refractivity contribution in [2.24, 2.45) is 0 Å². The van der Waals surface area contributed by atoms with Gasteiger partial charge in [0.1, 0.15) is 11.0 Å². The summed E-state index contributed by atoms with van der Waals surface area (Å²) in [6.45, 7) is 3.56. The van der Waals surface area contributed by atoms with Crippen LogP contribution in [0.4, 0.5) is 5.13 Å². The fourth-order valence-electron chi connectivity index (χ4n) is 2.63. The molecule has 0 aliphatic carbocycles. The lowest BCUT2D eigenvalue weighted by Crippen LogP contribution is -2.33. The third-order valence-corrected chi connectivity index (χ3v) is 6.24. The van der Waals surface area contributed by atoms with E-state index in [9.17, 15) is 9.59 Å². The Kier molecular flexibility index (Phi) is 4.97. The van der Waals surface area contributed by atoms with Gasteiger partial charge in [0.25, 0.3) is 11.5 Å². The summed E-state index contributed by atoms with van der Waals surface area (Å²) >= 11 is 2.70. The Hall–Kier alpha value is -2.98. The van der Waals surface area contributed by atoms with Gasteiger partial charge in [0, 0.05) is 4.88 Å². The van der Waals surface area contributed by atoms with Crippen LogP contribution < -0.4 is 10.9 Å². The molecule has 10 heteroatoms. The number of benzene rings is 1. The number of hydrogen-bond donors (Lipinski definition) is 1. The lowest BCUT2D eigenvalue weighted by Gasteiger charge is -2.11. The number of thiophene rings is 1. The van der Waals surface area contributed by atoms with Crippen molar-refractivity contribution in [3.8, 4) is 10.4 Å². The lowest BCUT2D eigenvalue weighted by atomic mass is 10.2. The van der Waals surface area contributed by atoms with Crippen molar-refractivity contribution in [2.45, 2.75) is 26.3 Å². The summed E-state index contributed by atoms with van der Waals surface area (Å²) in [5, 5.41) is 20.4. The Bertz CT molecular complexity index is 1200. The average Bonchev–Trinajstić information content (AvgIpc) is 3.35. The number of hydrogen-bond acceptors (Lipinski definition) is 8. The molecule has 4 rings (SSSR count). The minimum atomic E-state index is -0.835. The molecule has 0 saturated carbocycles. The van der Waals surface area contributed by atoms with Gasteiger partial charge in [-0.15, -0.1) is 26.6 Å². The number of amides is 1. The highest BCUT2D eigenvalue weighted by atomic mass is 32.1. The Morgan fingerprint density at radius 1 is 1.18 bits per heavy atom. The smallest absolute Gasteiger partial charge is 0.279 e. The van der Waals surface area contributed by atoms with Crippen molar-refractivity contribution >= 4 is 43.9 Å². The zero-order valence-electron chi connectivity index (χ0n) is 15.1. The molecule has 3 aromatic heterocycles. The van der Waals surface area contributed by atoms with Gasteiger partial charge < -0.3 is 0 Å². The zero-order chi connectivity index (χ0) is 19.7. The molecule has 0 spiro atoms. The Morgan fingerprint density at radius 3 is 2.68 bits per heavy atom. The van der Waals surface area contributed by atoms with E-state index in [1.807, 2.05) is 37.3 Å². The topological polar surface area (TPSA) is 103 Å². The molecule has 1 amide bonds. The van der Waals surface area contributed by atoms with Gasteiger partial charge >= 0.3 is 0 Å². The molecule has 0 aliphatic rings. The summed E-state index contributed by atoms with van der Waals surface area (Å²) in [7, 11) is 0. The summed E-state index contributed by atoms with van der Waals surface area (Å²) in [5.74, 6) is -0.395. The predicted molar refractivity (Wildman–Crippen MR) is 110 cm³/mol. The van der Waals surface area contributed by atoms with Crippen molar-refractivity contribution in [2.75, 3.05) is 5.32 Å². The number of aryl methyl sites for hydroxylation is 1. The number of carbonyl (C=O) groups is 1. The maximum Gasteiger partial charge on any atom is 0.279 e. The van der Waals surface area contributed by atoms with Crippen LogP contribution >= 0.6 is 22.7 Å². The number of fused-ring (bicyclic) bond motifs is 1. The highest BCUT2D eigenvalue weighted by molar-refractivity contribution is 7.21. The second-order valence-electron chi connectivity index (χ2n) is 6.05. The van der Waals surface area contributed by atoms with Gasteiger partial charge in [-0.05, 0) is 25.0 Å². The maximum atomic E-state index is 12.9. The van der Waals surface area contributed by atoms with Crippen LogP contribution in [0.25, 0.3) is 20.7 Å². The number of nitrogens with zero attached hydrogens (tertiary/aromatic N) is 5. The highest BCUT2D eigenvalue weighted by Gasteiger charge is 2.21. The molecule has 1 N–H and O–H groups in total. The van der Waals surface area contributed by atoms with Crippen LogP contribution in [0, 0.1) is 0 Å². The molecule has 1 aromatic carbocycles. The summed E-state index contributed by atoms with van der Waals surface area (Å²) in [6.07, 6.45) is 0.743. The second kappa shape index (κ2) is 7.56. The molecular formula is C18H16N6O2S2. The van der Waals surface area contributed by atoms with Crippen molar-refractivity contribution in [3.63, 3.8) is 0 Å². The molecule has 0 radical (unpaired) electrons. The standard InChI is InChI=1S/C18H16N6O2S2/c1-3-14-20-22-18(28-14)19-15(25)10(2)24-17(26)12-9-13(27-16(12)21-23-24)11-7-5-4-6-8-11/h4-10H,3H2,1-2H3,(H,19,22,25). The van der Waals surface area contributed by atoms with E-state index in [-0.39, 0.29) is 5.56 Å². The van der Waals surface area contributed by atoms with Gasteiger partial charge in [-0.2, -0.15) is 4.68 Å². The molecule has 4 aromatic rings.